The predicted molar refractivity (Wildman–Crippen MR) is 62.2 cm³/mol. The number of carboxylic acid groups (broad SMARTS) is 1. The highest BCUT2D eigenvalue weighted by molar-refractivity contribution is 5.87. The molecule has 0 spiro atoms. The summed E-state index contributed by atoms with van der Waals surface area (Å²) in [5, 5.41) is 8.78. The molecular weight excluding hydrogens is 202 g/mol. The molecule has 3 nitrogen and oxygen atoms in total. The quantitative estimate of drug-likeness (QED) is 0.845. The minimum Gasteiger partial charge on any atom is -0.478 e. The van der Waals surface area contributed by atoms with Crippen LogP contribution in [0.25, 0.3) is 0 Å². The van der Waals surface area contributed by atoms with E-state index >= 15 is 0 Å². The summed E-state index contributed by atoms with van der Waals surface area (Å²) in [6.45, 7) is 3.15. The SMILES string of the molecule is O=C(O)c1ccc(CN2CC[CH]CC2)cc1. The van der Waals surface area contributed by atoms with Crippen LogP contribution in [0.4, 0.5) is 0 Å². The van der Waals surface area contributed by atoms with E-state index in [0.29, 0.717) is 5.56 Å². The second kappa shape index (κ2) is 5.12. The lowest BCUT2D eigenvalue weighted by atomic mass is 10.1. The second-order valence-electron chi connectivity index (χ2n) is 4.14. The lowest BCUT2D eigenvalue weighted by Crippen LogP contribution is -2.29. The molecule has 85 valence electrons. The van der Waals surface area contributed by atoms with Crippen molar-refractivity contribution in [3.8, 4) is 0 Å². The van der Waals surface area contributed by atoms with E-state index < -0.39 is 5.97 Å². The van der Waals surface area contributed by atoms with Crippen LogP contribution in [-0.4, -0.2) is 29.1 Å². The molecule has 0 saturated carbocycles. The third-order valence-electron chi connectivity index (χ3n) is 2.91. The van der Waals surface area contributed by atoms with E-state index in [1.54, 1.807) is 12.1 Å². The Morgan fingerprint density at radius 3 is 2.38 bits per heavy atom. The third kappa shape index (κ3) is 2.83. The van der Waals surface area contributed by atoms with Gasteiger partial charge in [0.1, 0.15) is 0 Å². The highest BCUT2D eigenvalue weighted by Gasteiger charge is 2.10. The largest absolute Gasteiger partial charge is 0.478 e. The average molecular weight is 218 g/mol. The molecule has 1 radical (unpaired) electrons. The van der Waals surface area contributed by atoms with Gasteiger partial charge in [0.15, 0.2) is 0 Å². The first-order valence-corrected chi connectivity index (χ1v) is 5.62. The van der Waals surface area contributed by atoms with Crippen molar-refractivity contribution in [1.29, 1.82) is 0 Å². The summed E-state index contributed by atoms with van der Waals surface area (Å²) in [5.74, 6) is -0.862. The van der Waals surface area contributed by atoms with E-state index in [2.05, 4.69) is 11.3 Å². The molecule has 1 aliphatic heterocycles. The first-order valence-electron chi connectivity index (χ1n) is 5.62. The second-order valence-corrected chi connectivity index (χ2v) is 4.14. The summed E-state index contributed by atoms with van der Waals surface area (Å²) in [7, 11) is 0. The summed E-state index contributed by atoms with van der Waals surface area (Å²) < 4.78 is 0. The molecule has 1 aliphatic rings. The van der Waals surface area contributed by atoms with Crippen LogP contribution in [0.2, 0.25) is 0 Å². The van der Waals surface area contributed by atoms with Gasteiger partial charge in [0, 0.05) is 6.54 Å². The molecule has 16 heavy (non-hydrogen) atoms. The zero-order valence-electron chi connectivity index (χ0n) is 9.22. The van der Waals surface area contributed by atoms with Gasteiger partial charge >= 0.3 is 5.97 Å². The van der Waals surface area contributed by atoms with Crippen LogP contribution in [0.5, 0.6) is 0 Å². The maximum atomic E-state index is 10.7. The minimum atomic E-state index is -0.862. The summed E-state index contributed by atoms with van der Waals surface area (Å²) in [4.78, 5) is 13.1. The van der Waals surface area contributed by atoms with Crippen molar-refractivity contribution in [2.45, 2.75) is 19.4 Å². The van der Waals surface area contributed by atoms with Crippen LogP contribution >= 0.6 is 0 Å². The summed E-state index contributed by atoms with van der Waals surface area (Å²) >= 11 is 0. The lowest BCUT2D eigenvalue weighted by molar-refractivity contribution is 0.0697. The molecule has 1 aromatic rings. The zero-order chi connectivity index (χ0) is 11.4. The van der Waals surface area contributed by atoms with Crippen molar-refractivity contribution >= 4 is 5.97 Å². The molecule has 1 fully saturated rings. The molecule has 1 saturated heterocycles. The Bertz CT molecular complexity index is 353. The number of aromatic carboxylic acids is 1. The topological polar surface area (TPSA) is 40.5 Å². The minimum absolute atomic E-state index is 0.357. The highest BCUT2D eigenvalue weighted by atomic mass is 16.4. The number of carbonyl (C=O) groups is 1. The van der Waals surface area contributed by atoms with Gasteiger partial charge in [-0.25, -0.2) is 4.79 Å². The number of carboxylic acids is 1. The molecular formula is C13H16NO2. The van der Waals surface area contributed by atoms with Gasteiger partial charge in [0.25, 0.3) is 0 Å². The van der Waals surface area contributed by atoms with E-state index in [1.807, 2.05) is 12.1 Å². The molecule has 1 heterocycles. The van der Waals surface area contributed by atoms with Crippen LogP contribution < -0.4 is 0 Å². The molecule has 0 amide bonds. The third-order valence-corrected chi connectivity index (χ3v) is 2.91. The number of rotatable bonds is 3. The van der Waals surface area contributed by atoms with Crippen LogP contribution in [-0.2, 0) is 6.54 Å². The van der Waals surface area contributed by atoms with E-state index in [0.717, 1.165) is 32.5 Å². The Morgan fingerprint density at radius 1 is 1.19 bits per heavy atom. The monoisotopic (exact) mass is 218 g/mol. The number of piperidine rings is 1. The zero-order valence-corrected chi connectivity index (χ0v) is 9.22. The van der Waals surface area contributed by atoms with Gasteiger partial charge in [-0.15, -0.1) is 0 Å². The number of hydrogen-bond donors (Lipinski definition) is 1. The van der Waals surface area contributed by atoms with Crippen molar-refractivity contribution in [2.75, 3.05) is 13.1 Å². The number of likely N-dealkylation sites (tertiary alicyclic amines) is 1. The van der Waals surface area contributed by atoms with Crippen molar-refractivity contribution in [1.82, 2.24) is 4.90 Å². The standard InChI is InChI=1S/C13H16NO2/c15-13(16)12-6-4-11(5-7-12)10-14-8-2-1-3-9-14/h1,4-7H,2-3,8-10H2,(H,15,16). The highest BCUT2D eigenvalue weighted by Crippen LogP contribution is 2.13. The van der Waals surface area contributed by atoms with Crippen molar-refractivity contribution in [3.05, 3.63) is 41.8 Å². The van der Waals surface area contributed by atoms with Gasteiger partial charge in [-0.3, -0.25) is 4.90 Å². The van der Waals surface area contributed by atoms with Crippen LogP contribution in [0.1, 0.15) is 28.8 Å². The van der Waals surface area contributed by atoms with E-state index in [9.17, 15) is 4.79 Å². The predicted octanol–water partition coefficient (Wildman–Crippen LogP) is 2.18. The van der Waals surface area contributed by atoms with Gasteiger partial charge < -0.3 is 5.11 Å². The van der Waals surface area contributed by atoms with E-state index in [1.165, 1.54) is 5.56 Å². The molecule has 1 N–H and O–H groups in total. The van der Waals surface area contributed by atoms with Crippen molar-refractivity contribution < 1.29 is 9.90 Å². The van der Waals surface area contributed by atoms with Gasteiger partial charge in [-0.1, -0.05) is 12.1 Å². The first-order chi connectivity index (χ1) is 7.75. The average Bonchev–Trinajstić information content (AvgIpc) is 2.31. The Morgan fingerprint density at radius 2 is 1.81 bits per heavy atom. The van der Waals surface area contributed by atoms with Gasteiger partial charge in [-0.2, -0.15) is 0 Å². The Balaban J connectivity index is 1.96. The molecule has 0 atom stereocenters. The van der Waals surface area contributed by atoms with Gasteiger partial charge in [-0.05, 0) is 50.0 Å². The van der Waals surface area contributed by atoms with E-state index in [-0.39, 0.29) is 0 Å². The number of hydrogen-bond acceptors (Lipinski definition) is 2. The number of nitrogens with zero attached hydrogens (tertiary/aromatic N) is 1. The first kappa shape index (κ1) is 11.1. The molecule has 1 aromatic carbocycles. The normalized spacial score (nSPS) is 17.2. The summed E-state index contributed by atoms with van der Waals surface area (Å²) in [5.41, 5.74) is 1.54. The van der Waals surface area contributed by atoms with Gasteiger partial charge in [0.2, 0.25) is 0 Å². The molecule has 0 aromatic heterocycles. The Labute approximate surface area is 95.7 Å². The maximum absolute atomic E-state index is 10.7. The maximum Gasteiger partial charge on any atom is 0.335 e. The van der Waals surface area contributed by atoms with Crippen LogP contribution in [0, 0.1) is 6.42 Å². The fraction of sp³-hybridized carbons (Fsp3) is 0.385. The molecule has 0 bridgehead atoms. The molecule has 3 heteroatoms. The summed E-state index contributed by atoms with van der Waals surface area (Å²) in [6.07, 6.45) is 4.64. The van der Waals surface area contributed by atoms with Crippen LogP contribution in [0.3, 0.4) is 0 Å². The Kier molecular flexibility index (Phi) is 3.57. The molecule has 2 rings (SSSR count). The smallest absolute Gasteiger partial charge is 0.335 e. The summed E-state index contributed by atoms with van der Waals surface area (Å²) in [6, 6.07) is 7.16. The van der Waals surface area contributed by atoms with Crippen molar-refractivity contribution in [2.24, 2.45) is 0 Å². The molecule has 0 unspecified atom stereocenters. The lowest BCUT2D eigenvalue weighted by Gasteiger charge is -2.26. The number of benzene rings is 1. The fourth-order valence-electron chi connectivity index (χ4n) is 1.97. The van der Waals surface area contributed by atoms with Gasteiger partial charge in [0.05, 0.1) is 5.56 Å². The van der Waals surface area contributed by atoms with Crippen LogP contribution in [0.15, 0.2) is 24.3 Å². The fourth-order valence-corrected chi connectivity index (χ4v) is 1.97. The molecule has 0 aliphatic carbocycles. The van der Waals surface area contributed by atoms with Crippen molar-refractivity contribution in [3.63, 3.8) is 0 Å². The Hall–Kier alpha value is -1.35. The van der Waals surface area contributed by atoms with E-state index in [4.69, 9.17) is 5.11 Å².